The zero-order chi connectivity index (χ0) is 11.4. The monoisotopic (exact) mass is 250 g/mol. The average Bonchev–Trinajstić information content (AvgIpc) is 2.73. The van der Waals surface area contributed by atoms with E-state index >= 15 is 0 Å². The molecule has 2 rings (SSSR count). The second kappa shape index (κ2) is 4.92. The normalized spacial score (nSPS) is 9.75. The molecule has 0 aliphatic heterocycles. The molecular formula is C10H7ClN4S. The average molecular weight is 251 g/mol. The Morgan fingerprint density at radius 3 is 2.88 bits per heavy atom. The molecule has 0 spiro atoms. The third-order valence-electron chi connectivity index (χ3n) is 1.86. The Balaban J connectivity index is 2.08. The lowest BCUT2D eigenvalue weighted by molar-refractivity contribution is 1.09. The molecule has 1 N–H and O–H groups in total. The van der Waals surface area contributed by atoms with Crippen molar-refractivity contribution in [3.8, 4) is 6.07 Å². The first-order chi connectivity index (χ1) is 7.79. The zero-order valence-corrected chi connectivity index (χ0v) is 9.72. The minimum atomic E-state index is 0.296. The van der Waals surface area contributed by atoms with Crippen molar-refractivity contribution in [1.29, 1.82) is 5.26 Å². The fraction of sp³-hybridized carbons (Fsp3) is 0.100. The lowest BCUT2D eigenvalue weighted by Gasteiger charge is -2.03. The molecule has 0 unspecified atom stereocenters. The van der Waals surface area contributed by atoms with Gasteiger partial charge in [0, 0.05) is 17.3 Å². The molecule has 0 amide bonds. The second-order valence-electron chi connectivity index (χ2n) is 2.92. The van der Waals surface area contributed by atoms with Crippen LogP contribution in [0.2, 0.25) is 4.34 Å². The van der Waals surface area contributed by atoms with Crippen molar-refractivity contribution >= 4 is 28.8 Å². The molecule has 0 saturated heterocycles. The van der Waals surface area contributed by atoms with Crippen LogP contribution in [0.4, 0.5) is 5.82 Å². The molecule has 0 atom stereocenters. The number of nitrogens with zero attached hydrogens (tertiary/aromatic N) is 3. The van der Waals surface area contributed by atoms with Crippen LogP contribution >= 0.6 is 22.9 Å². The molecule has 16 heavy (non-hydrogen) atoms. The Kier molecular flexibility index (Phi) is 3.34. The Morgan fingerprint density at radius 2 is 2.19 bits per heavy atom. The maximum atomic E-state index is 8.81. The second-order valence-corrected chi connectivity index (χ2v) is 4.72. The third kappa shape index (κ3) is 2.48. The lowest BCUT2D eigenvalue weighted by Crippen LogP contribution is -2.03. The van der Waals surface area contributed by atoms with E-state index in [-0.39, 0.29) is 0 Å². The molecule has 2 heterocycles. The van der Waals surface area contributed by atoms with Gasteiger partial charge in [0.15, 0.2) is 11.5 Å². The Morgan fingerprint density at radius 1 is 1.38 bits per heavy atom. The van der Waals surface area contributed by atoms with E-state index in [2.05, 4.69) is 15.3 Å². The predicted octanol–water partition coefficient (Wildman–Crippen LogP) is 2.68. The number of rotatable bonds is 3. The van der Waals surface area contributed by atoms with Gasteiger partial charge in [-0.05, 0) is 12.1 Å². The first-order valence-electron chi connectivity index (χ1n) is 4.49. The topological polar surface area (TPSA) is 61.6 Å². The predicted molar refractivity (Wildman–Crippen MR) is 63.4 cm³/mol. The van der Waals surface area contributed by atoms with Gasteiger partial charge in [-0.25, -0.2) is 9.97 Å². The van der Waals surface area contributed by atoms with Gasteiger partial charge in [-0.15, -0.1) is 11.3 Å². The summed E-state index contributed by atoms with van der Waals surface area (Å²) in [6, 6.07) is 5.75. The molecule has 0 aliphatic rings. The highest BCUT2D eigenvalue weighted by atomic mass is 35.5. The van der Waals surface area contributed by atoms with Crippen molar-refractivity contribution in [3.63, 3.8) is 0 Å². The molecule has 0 bridgehead atoms. The highest BCUT2D eigenvalue weighted by molar-refractivity contribution is 7.16. The van der Waals surface area contributed by atoms with Crippen LogP contribution in [0.15, 0.2) is 24.5 Å². The summed E-state index contributed by atoms with van der Waals surface area (Å²) in [6.07, 6.45) is 3.04. The number of hydrogen-bond acceptors (Lipinski definition) is 5. The Hall–Kier alpha value is -1.64. The summed E-state index contributed by atoms with van der Waals surface area (Å²) in [5.74, 6) is 0.495. The first-order valence-corrected chi connectivity index (χ1v) is 5.68. The van der Waals surface area contributed by atoms with Gasteiger partial charge in [-0.3, -0.25) is 0 Å². The van der Waals surface area contributed by atoms with Crippen LogP contribution in [0.1, 0.15) is 10.6 Å². The zero-order valence-electron chi connectivity index (χ0n) is 8.14. The van der Waals surface area contributed by atoms with Crippen molar-refractivity contribution in [2.24, 2.45) is 0 Å². The van der Waals surface area contributed by atoms with E-state index in [1.54, 1.807) is 6.20 Å². The summed E-state index contributed by atoms with van der Waals surface area (Å²) in [5.41, 5.74) is 0.296. The van der Waals surface area contributed by atoms with E-state index in [1.165, 1.54) is 17.5 Å². The van der Waals surface area contributed by atoms with Crippen molar-refractivity contribution in [2.45, 2.75) is 6.54 Å². The first kappa shape index (κ1) is 10.9. The fourth-order valence-corrected chi connectivity index (χ4v) is 2.19. The SMILES string of the molecule is N#Cc1nccnc1NCc1ccc(Cl)s1. The van der Waals surface area contributed by atoms with Crippen LogP contribution in [0.25, 0.3) is 0 Å². The molecule has 2 aromatic heterocycles. The quantitative estimate of drug-likeness (QED) is 0.910. The smallest absolute Gasteiger partial charge is 0.182 e. The highest BCUT2D eigenvalue weighted by Gasteiger charge is 2.04. The maximum Gasteiger partial charge on any atom is 0.182 e. The molecule has 0 fully saturated rings. The van der Waals surface area contributed by atoms with Crippen molar-refractivity contribution in [2.75, 3.05) is 5.32 Å². The van der Waals surface area contributed by atoms with Crippen molar-refractivity contribution < 1.29 is 0 Å². The van der Waals surface area contributed by atoms with Crippen LogP contribution in [-0.2, 0) is 6.54 Å². The van der Waals surface area contributed by atoms with Crippen molar-refractivity contribution in [3.05, 3.63) is 39.4 Å². The Bertz CT molecular complexity index is 532. The molecule has 6 heteroatoms. The molecule has 0 saturated carbocycles. The molecule has 2 aromatic rings. The summed E-state index contributed by atoms with van der Waals surface area (Å²) in [6.45, 7) is 0.588. The molecule has 4 nitrogen and oxygen atoms in total. The lowest BCUT2D eigenvalue weighted by atomic mass is 10.4. The summed E-state index contributed by atoms with van der Waals surface area (Å²) in [7, 11) is 0. The number of anilines is 1. The number of nitriles is 1. The van der Waals surface area contributed by atoms with Crippen LogP contribution in [-0.4, -0.2) is 9.97 Å². The van der Waals surface area contributed by atoms with Crippen LogP contribution in [0.3, 0.4) is 0 Å². The van der Waals surface area contributed by atoms with Crippen LogP contribution in [0, 0.1) is 11.3 Å². The molecule has 0 radical (unpaired) electrons. The van der Waals surface area contributed by atoms with E-state index in [0.29, 0.717) is 18.1 Å². The van der Waals surface area contributed by atoms with Gasteiger partial charge < -0.3 is 5.32 Å². The molecule has 0 aromatic carbocycles. The van der Waals surface area contributed by atoms with E-state index in [4.69, 9.17) is 16.9 Å². The largest absolute Gasteiger partial charge is 0.363 e. The van der Waals surface area contributed by atoms with Crippen molar-refractivity contribution in [1.82, 2.24) is 9.97 Å². The van der Waals surface area contributed by atoms with Crippen LogP contribution in [0.5, 0.6) is 0 Å². The minimum Gasteiger partial charge on any atom is -0.363 e. The summed E-state index contributed by atoms with van der Waals surface area (Å²) < 4.78 is 0.747. The maximum absolute atomic E-state index is 8.81. The van der Waals surface area contributed by atoms with E-state index in [1.807, 2.05) is 18.2 Å². The number of thiophene rings is 1. The van der Waals surface area contributed by atoms with Gasteiger partial charge >= 0.3 is 0 Å². The van der Waals surface area contributed by atoms with Gasteiger partial charge in [0.05, 0.1) is 10.9 Å². The van der Waals surface area contributed by atoms with Gasteiger partial charge in [0.25, 0.3) is 0 Å². The Labute approximate surface area is 102 Å². The van der Waals surface area contributed by atoms with Gasteiger partial charge in [-0.2, -0.15) is 5.26 Å². The van der Waals surface area contributed by atoms with E-state index < -0.39 is 0 Å². The number of hydrogen-bond donors (Lipinski definition) is 1. The molecule has 80 valence electrons. The summed E-state index contributed by atoms with van der Waals surface area (Å²) in [4.78, 5) is 9.04. The number of nitrogens with one attached hydrogen (secondary N) is 1. The highest BCUT2D eigenvalue weighted by Crippen LogP contribution is 2.22. The molecule has 0 aliphatic carbocycles. The third-order valence-corrected chi connectivity index (χ3v) is 3.09. The fourth-order valence-electron chi connectivity index (χ4n) is 1.17. The standard InChI is InChI=1S/C10H7ClN4S/c11-9-2-1-7(16-9)6-15-10-8(5-12)13-3-4-14-10/h1-4H,6H2,(H,14,15). The summed E-state index contributed by atoms with van der Waals surface area (Å²) >= 11 is 7.30. The van der Waals surface area contributed by atoms with E-state index in [0.717, 1.165) is 9.21 Å². The van der Waals surface area contributed by atoms with E-state index in [9.17, 15) is 0 Å². The van der Waals surface area contributed by atoms with Gasteiger partial charge in [0.1, 0.15) is 6.07 Å². The number of aromatic nitrogens is 2. The minimum absolute atomic E-state index is 0.296. The molecular weight excluding hydrogens is 244 g/mol. The van der Waals surface area contributed by atoms with Gasteiger partial charge in [-0.1, -0.05) is 11.6 Å². The van der Waals surface area contributed by atoms with Crippen LogP contribution < -0.4 is 5.32 Å². The van der Waals surface area contributed by atoms with Gasteiger partial charge in [0.2, 0.25) is 0 Å². The summed E-state index contributed by atoms with van der Waals surface area (Å²) in [5, 5.41) is 11.9. The number of halogens is 1.